The molecule has 6 heteroatoms. The van der Waals surface area contributed by atoms with Crippen molar-refractivity contribution in [2.75, 3.05) is 37.9 Å². The number of nitrogens with one attached hydrogen (secondary N) is 2. The fourth-order valence-electron chi connectivity index (χ4n) is 2.22. The van der Waals surface area contributed by atoms with Crippen LogP contribution in [0.25, 0.3) is 0 Å². The molecule has 0 atom stereocenters. The second kappa shape index (κ2) is 9.43. The van der Waals surface area contributed by atoms with Crippen LogP contribution in [0.2, 0.25) is 0 Å². The van der Waals surface area contributed by atoms with E-state index in [4.69, 9.17) is 4.74 Å². The molecule has 0 heterocycles. The van der Waals surface area contributed by atoms with Crippen molar-refractivity contribution in [3.8, 4) is 5.75 Å². The lowest BCUT2D eigenvalue weighted by Gasteiger charge is -2.11. The molecule has 2 amide bonds. The molecule has 2 aromatic rings. The number of hydrogen-bond donors (Lipinski definition) is 2. The Morgan fingerprint density at radius 1 is 1.00 bits per heavy atom. The Hall–Kier alpha value is -3.28. The lowest BCUT2D eigenvalue weighted by molar-refractivity contribution is -0.114. The van der Waals surface area contributed by atoms with E-state index in [-0.39, 0.29) is 18.4 Å². The third-order valence-corrected chi connectivity index (χ3v) is 3.61. The molecular weight excluding hydrogens is 342 g/mol. The maximum Gasteiger partial charge on any atom is 0.253 e. The van der Waals surface area contributed by atoms with Crippen LogP contribution < -0.4 is 15.4 Å². The van der Waals surface area contributed by atoms with Crippen molar-refractivity contribution in [2.45, 2.75) is 6.92 Å². The minimum atomic E-state index is -0.177. The van der Waals surface area contributed by atoms with E-state index < -0.39 is 0 Å². The van der Waals surface area contributed by atoms with Gasteiger partial charge in [-0.15, -0.1) is 0 Å². The van der Waals surface area contributed by atoms with Gasteiger partial charge < -0.3 is 20.3 Å². The molecule has 2 aromatic carbocycles. The van der Waals surface area contributed by atoms with Crippen molar-refractivity contribution in [1.29, 1.82) is 0 Å². The summed E-state index contributed by atoms with van der Waals surface area (Å²) in [6, 6.07) is 14.2. The molecule has 0 aliphatic heterocycles. The summed E-state index contributed by atoms with van der Waals surface area (Å²) >= 11 is 0. The van der Waals surface area contributed by atoms with Gasteiger partial charge in [-0.3, -0.25) is 9.59 Å². The molecule has 0 aliphatic rings. The van der Waals surface area contributed by atoms with Gasteiger partial charge in [-0.2, -0.15) is 0 Å². The largest absolute Gasteiger partial charge is 0.489 e. The van der Waals surface area contributed by atoms with E-state index in [9.17, 15) is 9.59 Å². The minimum absolute atomic E-state index is 0.0785. The molecule has 6 nitrogen and oxygen atoms in total. The van der Waals surface area contributed by atoms with Crippen molar-refractivity contribution in [3.63, 3.8) is 0 Å². The van der Waals surface area contributed by atoms with Crippen LogP contribution in [0.15, 0.2) is 60.7 Å². The highest BCUT2D eigenvalue weighted by Crippen LogP contribution is 2.16. The maximum absolute atomic E-state index is 12.1. The normalized spacial score (nSPS) is 10.0. The molecule has 0 unspecified atom stereocenters. The van der Waals surface area contributed by atoms with Crippen LogP contribution in [-0.2, 0) is 4.79 Å². The predicted octanol–water partition coefficient (Wildman–Crippen LogP) is 3.39. The summed E-state index contributed by atoms with van der Waals surface area (Å²) in [4.78, 5) is 25.4. The number of nitrogens with zero attached hydrogens (tertiary/aromatic N) is 1. The van der Waals surface area contributed by atoms with Crippen LogP contribution >= 0.6 is 0 Å². The monoisotopic (exact) mass is 367 g/mol. The molecule has 0 saturated heterocycles. The number of carbonyl (C=O) groups excluding carboxylic acids is 2. The quantitative estimate of drug-likeness (QED) is 0.702. The molecule has 2 N–H and O–H groups in total. The Labute approximate surface area is 159 Å². The molecule has 0 radical (unpaired) electrons. The van der Waals surface area contributed by atoms with E-state index in [1.54, 1.807) is 38.4 Å². The summed E-state index contributed by atoms with van der Waals surface area (Å²) in [6.07, 6.45) is 0. The van der Waals surface area contributed by atoms with Crippen molar-refractivity contribution in [2.24, 2.45) is 0 Å². The van der Waals surface area contributed by atoms with Crippen LogP contribution in [-0.4, -0.2) is 44.0 Å². The van der Waals surface area contributed by atoms with Crippen molar-refractivity contribution < 1.29 is 14.3 Å². The lowest BCUT2D eigenvalue weighted by atomic mass is 10.2. The molecular formula is C21H25N3O3. The summed E-state index contributed by atoms with van der Waals surface area (Å²) in [5, 5.41) is 5.85. The fraction of sp³-hybridized carbons (Fsp3) is 0.238. The lowest BCUT2D eigenvalue weighted by Crippen LogP contribution is -2.22. The predicted molar refractivity (Wildman–Crippen MR) is 108 cm³/mol. The van der Waals surface area contributed by atoms with Crippen LogP contribution in [0, 0.1) is 0 Å². The van der Waals surface area contributed by atoms with E-state index in [1.807, 2.05) is 31.2 Å². The van der Waals surface area contributed by atoms with E-state index in [0.717, 1.165) is 17.0 Å². The first-order valence-corrected chi connectivity index (χ1v) is 8.58. The summed E-state index contributed by atoms with van der Waals surface area (Å²) in [5.74, 6) is 0.495. The summed E-state index contributed by atoms with van der Waals surface area (Å²) in [7, 11) is 3.39. The molecule has 0 aliphatic carbocycles. The highest BCUT2D eigenvalue weighted by atomic mass is 16.5. The third kappa shape index (κ3) is 6.51. The van der Waals surface area contributed by atoms with Gasteiger partial charge in [0, 0.05) is 31.0 Å². The van der Waals surface area contributed by atoms with Gasteiger partial charge in [0.2, 0.25) is 5.91 Å². The van der Waals surface area contributed by atoms with Gasteiger partial charge in [-0.05, 0) is 61.0 Å². The molecule has 0 aromatic heterocycles. The summed E-state index contributed by atoms with van der Waals surface area (Å²) in [5.41, 5.74) is 2.98. The molecule has 0 spiro atoms. The van der Waals surface area contributed by atoms with E-state index in [2.05, 4.69) is 17.2 Å². The number of anilines is 2. The zero-order valence-corrected chi connectivity index (χ0v) is 15.9. The zero-order valence-electron chi connectivity index (χ0n) is 15.9. The molecule has 0 bridgehead atoms. The number of rotatable bonds is 8. The van der Waals surface area contributed by atoms with Gasteiger partial charge in [0.1, 0.15) is 12.4 Å². The Morgan fingerprint density at radius 2 is 1.59 bits per heavy atom. The second-order valence-electron chi connectivity index (χ2n) is 6.45. The van der Waals surface area contributed by atoms with Gasteiger partial charge in [0.05, 0.1) is 6.54 Å². The fourth-order valence-corrected chi connectivity index (χ4v) is 2.22. The van der Waals surface area contributed by atoms with Crippen molar-refractivity contribution >= 4 is 23.2 Å². The first kappa shape index (κ1) is 20.0. The molecule has 0 fully saturated rings. The van der Waals surface area contributed by atoms with Crippen LogP contribution in [0.4, 0.5) is 11.4 Å². The minimum Gasteiger partial charge on any atom is -0.489 e. The first-order chi connectivity index (χ1) is 12.8. The highest BCUT2D eigenvalue weighted by Gasteiger charge is 2.08. The van der Waals surface area contributed by atoms with Gasteiger partial charge in [-0.1, -0.05) is 6.58 Å². The van der Waals surface area contributed by atoms with E-state index in [0.29, 0.717) is 17.9 Å². The van der Waals surface area contributed by atoms with Gasteiger partial charge >= 0.3 is 0 Å². The Morgan fingerprint density at radius 3 is 2.15 bits per heavy atom. The van der Waals surface area contributed by atoms with Gasteiger partial charge in [-0.25, -0.2) is 0 Å². The van der Waals surface area contributed by atoms with E-state index >= 15 is 0 Å². The van der Waals surface area contributed by atoms with Gasteiger partial charge in [0.25, 0.3) is 5.91 Å². The number of hydrogen-bond acceptors (Lipinski definition) is 4. The van der Waals surface area contributed by atoms with Crippen molar-refractivity contribution in [1.82, 2.24) is 4.90 Å². The Kier molecular flexibility index (Phi) is 7.00. The summed E-state index contributed by atoms with van der Waals surface area (Å²) in [6.45, 7) is 6.31. The smallest absolute Gasteiger partial charge is 0.253 e. The van der Waals surface area contributed by atoms with Gasteiger partial charge in [0.15, 0.2) is 0 Å². The SMILES string of the molecule is C=C(C)COc1ccc(NCC(=O)Nc2ccc(C(=O)N(C)C)cc2)cc1. The average molecular weight is 367 g/mol. The second-order valence-corrected chi connectivity index (χ2v) is 6.45. The Balaban J connectivity index is 1.82. The third-order valence-electron chi connectivity index (χ3n) is 3.61. The zero-order chi connectivity index (χ0) is 19.8. The maximum atomic E-state index is 12.1. The average Bonchev–Trinajstić information content (AvgIpc) is 2.65. The number of amides is 2. The molecule has 142 valence electrons. The van der Waals surface area contributed by atoms with Crippen LogP contribution in [0.1, 0.15) is 17.3 Å². The molecule has 2 rings (SSSR count). The van der Waals surface area contributed by atoms with Crippen LogP contribution in [0.5, 0.6) is 5.75 Å². The van der Waals surface area contributed by atoms with Crippen molar-refractivity contribution in [3.05, 3.63) is 66.2 Å². The number of ether oxygens (including phenoxy) is 1. The molecule has 0 saturated carbocycles. The molecule has 27 heavy (non-hydrogen) atoms. The standard InChI is InChI=1S/C21H25N3O3/c1-15(2)14-27-19-11-9-17(10-12-19)22-13-20(25)23-18-7-5-16(6-8-18)21(26)24(3)4/h5-12,22H,1,13-14H2,2-4H3,(H,23,25). The summed E-state index contributed by atoms with van der Waals surface area (Å²) < 4.78 is 5.53. The Bertz CT molecular complexity index is 796. The van der Waals surface area contributed by atoms with E-state index in [1.165, 1.54) is 4.90 Å². The number of benzene rings is 2. The topological polar surface area (TPSA) is 70.7 Å². The first-order valence-electron chi connectivity index (χ1n) is 8.58. The van der Waals surface area contributed by atoms with Crippen LogP contribution in [0.3, 0.4) is 0 Å². The number of carbonyl (C=O) groups is 2. The highest BCUT2D eigenvalue weighted by molar-refractivity contribution is 5.96.